The molecule has 0 aliphatic heterocycles. The number of anilines is 1. The van der Waals surface area contributed by atoms with Gasteiger partial charge < -0.3 is 15.1 Å². The molecule has 0 aliphatic rings. The van der Waals surface area contributed by atoms with Gasteiger partial charge in [-0.05, 0) is 12.1 Å². The Kier molecular flexibility index (Phi) is 3.57. The summed E-state index contributed by atoms with van der Waals surface area (Å²) in [5.41, 5.74) is 5.77. The van der Waals surface area contributed by atoms with Crippen molar-refractivity contribution < 1.29 is 18.4 Å². The summed E-state index contributed by atoms with van der Waals surface area (Å²) in [5.74, 6) is -0.854. The van der Waals surface area contributed by atoms with E-state index in [1.54, 1.807) is 12.1 Å². The van der Waals surface area contributed by atoms with Crippen molar-refractivity contribution in [2.45, 2.75) is 0 Å². The van der Waals surface area contributed by atoms with E-state index in [9.17, 15) is 13.6 Å². The molecule has 0 heterocycles. The summed E-state index contributed by atoms with van der Waals surface area (Å²) in [7, 11) is 0. The molecule has 7 heteroatoms. The lowest BCUT2D eigenvalue weighted by Crippen LogP contribution is -2.22. The highest BCUT2D eigenvalue weighted by Gasteiger charge is 2.09. The molecule has 1 aromatic carbocycles. The number of nitrogen functional groups attached to an aromatic ring is 1. The number of hydrogen-bond donors (Lipinski definition) is 2. The van der Waals surface area contributed by atoms with Gasteiger partial charge in [-0.25, -0.2) is 4.79 Å². The van der Waals surface area contributed by atoms with Crippen molar-refractivity contribution in [1.29, 1.82) is 0 Å². The van der Waals surface area contributed by atoms with Gasteiger partial charge in [-0.3, -0.25) is 4.21 Å². The highest BCUT2D eigenvalue weighted by Crippen LogP contribution is 2.10. The molecule has 1 rings (SSSR count). The first-order valence-electron chi connectivity index (χ1n) is 3.52. The third kappa shape index (κ3) is 2.80. The van der Waals surface area contributed by atoms with Gasteiger partial charge in [0.05, 0.1) is 16.8 Å². The van der Waals surface area contributed by atoms with Gasteiger partial charge in [-0.15, -0.1) is 0 Å². The highest BCUT2D eigenvalue weighted by molar-refractivity contribution is 7.76. The van der Waals surface area contributed by atoms with Crippen LogP contribution in [0.15, 0.2) is 24.3 Å². The summed E-state index contributed by atoms with van der Waals surface area (Å²) in [4.78, 5) is 16.8. The molecule has 0 saturated heterocycles. The maximum atomic E-state index is 11.1. The lowest BCUT2D eigenvalue weighted by molar-refractivity contribution is 0.0405. The fourth-order valence-corrected chi connectivity index (χ4v) is 0.953. The molecule has 0 bridgehead atoms. The number of nitrogens with two attached hydrogens (primary N) is 1. The summed E-state index contributed by atoms with van der Waals surface area (Å²) in [6.45, 7) is 0. The molecule has 0 radical (unpaired) electrons. The van der Waals surface area contributed by atoms with Crippen LogP contribution in [0.4, 0.5) is 5.69 Å². The van der Waals surface area contributed by atoms with Gasteiger partial charge in [0.2, 0.25) is 0 Å². The first-order valence-corrected chi connectivity index (χ1v) is 4.59. The van der Waals surface area contributed by atoms with Crippen molar-refractivity contribution in [1.82, 2.24) is 4.89 Å². The Bertz CT molecular complexity index is 368. The van der Waals surface area contributed by atoms with Crippen molar-refractivity contribution in [2.75, 3.05) is 5.73 Å². The largest absolute Gasteiger partial charge is 0.758 e. The minimum atomic E-state index is -2.65. The van der Waals surface area contributed by atoms with Crippen LogP contribution in [0.25, 0.3) is 0 Å². The minimum Gasteiger partial charge on any atom is -0.758 e. The maximum absolute atomic E-state index is 11.1. The fraction of sp³-hybridized carbons (Fsp3) is 0. The molecule has 0 aromatic heterocycles. The van der Waals surface area contributed by atoms with Crippen molar-refractivity contribution in [3.05, 3.63) is 29.8 Å². The smallest absolute Gasteiger partial charge is 0.359 e. The molecule has 14 heavy (non-hydrogen) atoms. The van der Waals surface area contributed by atoms with Crippen molar-refractivity contribution >= 4 is 22.9 Å². The van der Waals surface area contributed by atoms with Crippen LogP contribution < -0.4 is 10.6 Å². The standard InChI is InChI=1S/C7H8N2O4S/c8-6-4-2-1-3-5(6)7(10)13-9-14(11)12/h1-4,9H,8H2,(H,11,12)/p-1. The van der Waals surface area contributed by atoms with Crippen LogP contribution in [-0.4, -0.2) is 14.7 Å². The number of carbonyl (C=O) groups is 1. The monoisotopic (exact) mass is 215 g/mol. The number of nitrogens with one attached hydrogen (secondary N) is 1. The van der Waals surface area contributed by atoms with E-state index < -0.39 is 17.2 Å². The molecule has 1 atom stereocenters. The van der Waals surface area contributed by atoms with E-state index in [-0.39, 0.29) is 11.3 Å². The van der Waals surface area contributed by atoms with Crippen molar-refractivity contribution in [3.8, 4) is 0 Å². The van der Waals surface area contributed by atoms with Crippen LogP contribution in [-0.2, 0) is 16.1 Å². The molecular formula is C7H7N2O4S-. The summed E-state index contributed by atoms with van der Waals surface area (Å²) in [5, 5.41) is 0. The van der Waals surface area contributed by atoms with Crippen LogP contribution in [0.3, 0.4) is 0 Å². The molecule has 0 fully saturated rings. The molecular weight excluding hydrogens is 208 g/mol. The number of para-hydroxylation sites is 1. The average Bonchev–Trinajstić information content (AvgIpc) is 2.15. The topological polar surface area (TPSA) is 104 Å². The normalized spacial score (nSPS) is 12.1. The first-order chi connectivity index (χ1) is 6.61. The van der Waals surface area contributed by atoms with Crippen LogP contribution >= 0.6 is 0 Å². The molecule has 0 spiro atoms. The zero-order chi connectivity index (χ0) is 10.6. The predicted molar refractivity (Wildman–Crippen MR) is 48.3 cm³/mol. The van der Waals surface area contributed by atoms with E-state index in [0.29, 0.717) is 0 Å². The maximum Gasteiger partial charge on any atom is 0.359 e. The second-order valence-electron chi connectivity index (χ2n) is 2.29. The molecule has 0 aliphatic carbocycles. The summed E-state index contributed by atoms with van der Waals surface area (Å²) in [6.07, 6.45) is 0. The quantitative estimate of drug-likeness (QED) is 0.410. The van der Waals surface area contributed by atoms with Gasteiger partial charge in [0, 0.05) is 5.69 Å². The van der Waals surface area contributed by atoms with Crippen LogP contribution in [0, 0.1) is 0 Å². The van der Waals surface area contributed by atoms with E-state index in [1.807, 2.05) is 0 Å². The van der Waals surface area contributed by atoms with E-state index in [1.165, 1.54) is 17.0 Å². The SMILES string of the molecule is Nc1ccccc1C(=O)ONS(=O)[O-]. The van der Waals surface area contributed by atoms with Crippen LogP contribution in [0.1, 0.15) is 10.4 Å². The Balaban J connectivity index is 2.70. The van der Waals surface area contributed by atoms with Gasteiger partial charge in [0.25, 0.3) is 0 Å². The molecule has 1 unspecified atom stereocenters. The van der Waals surface area contributed by atoms with Gasteiger partial charge in [0.15, 0.2) is 0 Å². The van der Waals surface area contributed by atoms with Crippen LogP contribution in [0.2, 0.25) is 0 Å². The first kappa shape index (κ1) is 10.6. The molecule has 6 nitrogen and oxygen atoms in total. The van der Waals surface area contributed by atoms with Crippen molar-refractivity contribution in [3.63, 3.8) is 0 Å². The Morgan fingerprint density at radius 2 is 2.14 bits per heavy atom. The Labute approximate surface area is 82.4 Å². The Hall–Kier alpha value is -1.44. The number of benzene rings is 1. The molecule has 0 saturated carbocycles. The van der Waals surface area contributed by atoms with Crippen LogP contribution in [0.5, 0.6) is 0 Å². The number of carbonyl (C=O) groups excluding carboxylic acids is 1. The van der Waals surface area contributed by atoms with Gasteiger partial charge in [0.1, 0.15) is 0 Å². The van der Waals surface area contributed by atoms with E-state index in [2.05, 4.69) is 4.84 Å². The number of rotatable bonds is 3. The second-order valence-corrected chi connectivity index (χ2v) is 2.93. The third-order valence-corrected chi connectivity index (χ3v) is 1.60. The van der Waals surface area contributed by atoms with Crippen molar-refractivity contribution in [2.24, 2.45) is 0 Å². The molecule has 76 valence electrons. The second kappa shape index (κ2) is 4.70. The Morgan fingerprint density at radius 1 is 1.50 bits per heavy atom. The lowest BCUT2D eigenvalue weighted by atomic mass is 10.2. The summed E-state index contributed by atoms with van der Waals surface area (Å²) < 4.78 is 20.0. The van der Waals surface area contributed by atoms with E-state index in [0.717, 1.165) is 0 Å². The minimum absolute atomic E-state index is 0.102. The summed E-state index contributed by atoms with van der Waals surface area (Å²) in [6, 6.07) is 6.16. The highest BCUT2D eigenvalue weighted by atomic mass is 32.2. The van der Waals surface area contributed by atoms with Gasteiger partial charge in [-0.1, -0.05) is 17.0 Å². The van der Waals surface area contributed by atoms with E-state index >= 15 is 0 Å². The molecule has 3 N–H and O–H groups in total. The molecule has 1 aromatic rings. The Morgan fingerprint density at radius 3 is 2.71 bits per heavy atom. The zero-order valence-corrected chi connectivity index (χ0v) is 7.74. The zero-order valence-electron chi connectivity index (χ0n) is 6.93. The van der Waals surface area contributed by atoms with Gasteiger partial charge >= 0.3 is 5.97 Å². The third-order valence-electron chi connectivity index (χ3n) is 1.38. The van der Waals surface area contributed by atoms with E-state index in [4.69, 9.17) is 5.73 Å². The summed E-state index contributed by atoms with van der Waals surface area (Å²) >= 11 is -2.65. The molecule has 0 amide bonds. The number of hydrogen-bond acceptors (Lipinski definition) is 5. The average molecular weight is 215 g/mol. The van der Waals surface area contributed by atoms with Gasteiger partial charge in [-0.2, -0.15) is 0 Å². The predicted octanol–water partition coefficient (Wildman–Crippen LogP) is -0.276. The fourth-order valence-electron chi connectivity index (χ4n) is 0.810. The lowest BCUT2D eigenvalue weighted by Gasteiger charge is -2.08.